The van der Waals surface area contributed by atoms with Crippen molar-refractivity contribution < 1.29 is 17.9 Å². The highest BCUT2D eigenvalue weighted by molar-refractivity contribution is 5.83. The van der Waals surface area contributed by atoms with E-state index in [-0.39, 0.29) is 12.0 Å². The van der Waals surface area contributed by atoms with Crippen LogP contribution >= 0.6 is 0 Å². The molecule has 0 saturated carbocycles. The van der Waals surface area contributed by atoms with Crippen molar-refractivity contribution in [2.45, 2.75) is 31.0 Å². The topological polar surface area (TPSA) is 21.3 Å². The van der Waals surface area contributed by atoms with E-state index < -0.39 is 11.7 Å². The Kier molecular flexibility index (Phi) is 7.45. The molecule has 0 aromatic heterocycles. The standard InChI is InChI=1S/C32H30F3NO/c33-32(34,35)28-20-24(22-37-23-31(15-17-36-18-16-31)27-11-5-2-6-12-27)19-26(21-28)30-14-8-7-13-29(30)25-9-3-1-4-10-25/h1-14,19-21,36H,15-18,22-23H2. The number of ether oxygens (including phenoxy) is 1. The molecule has 1 aliphatic rings. The minimum absolute atomic E-state index is 0.117. The van der Waals surface area contributed by atoms with Crippen LogP contribution in [0.2, 0.25) is 0 Å². The lowest BCUT2D eigenvalue weighted by Gasteiger charge is -2.38. The lowest BCUT2D eigenvalue weighted by Crippen LogP contribution is -2.43. The van der Waals surface area contributed by atoms with Gasteiger partial charge in [-0.2, -0.15) is 13.2 Å². The first-order valence-electron chi connectivity index (χ1n) is 12.6. The molecule has 0 aliphatic carbocycles. The molecule has 0 unspecified atom stereocenters. The Labute approximate surface area is 216 Å². The van der Waals surface area contributed by atoms with Crippen molar-refractivity contribution in [1.29, 1.82) is 0 Å². The molecule has 5 heteroatoms. The van der Waals surface area contributed by atoms with Crippen LogP contribution in [0, 0.1) is 0 Å². The molecule has 0 radical (unpaired) electrons. The Morgan fingerprint density at radius 1 is 0.703 bits per heavy atom. The lowest BCUT2D eigenvalue weighted by molar-refractivity contribution is -0.137. The number of nitrogens with one attached hydrogen (secondary N) is 1. The number of rotatable bonds is 7. The predicted octanol–water partition coefficient (Wildman–Crippen LogP) is 7.88. The van der Waals surface area contributed by atoms with E-state index in [0.29, 0.717) is 17.7 Å². The number of benzene rings is 4. The van der Waals surface area contributed by atoms with Crippen molar-refractivity contribution in [3.8, 4) is 22.3 Å². The maximum atomic E-state index is 13.9. The number of halogens is 3. The Balaban J connectivity index is 1.45. The molecule has 1 heterocycles. The molecule has 1 fully saturated rings. The molecular formula is C32H30F3NO. The van der Waals surface area contributed by atoms with Gasteiger partial charge in [0.2, 0.25) is 0 Å². The van der Waals surface area contributed by atoms with Crippen LogP contribution in [0.25, 0.3) is 22.3 Å². The first kappa shape index (κ1) is 25.2. The highest BCUT2D eigenvalue weighted by atomic mass is 19.4. The summed E-state index contributed by atoms with van der Waals surface area (Å²) >= 11 is 0. The summed E-state index contributed by atoms with van der Waals surface area (Å²) in [4.78, 5) is 0. The maximum Gasteiger partial charge on any atom is 0.416 e. The number of piperidine rings is 1. The van der Waals surface area contributed by atoms with Gasteiger partial charge in [0.15, 0.2) is 0 Å². The lowest BCUT2D eigenvalue weighted by atomic mass is 9.74. The van der Waals surface area contributed by atoms with Gasteiger partial charge in [-0.25, -0.2) is 0 Å². The van der Waals surface area contributed by atoms with Gasteiger partial charge in [0.25, 0.3) is 0 Å². The zero-order valence-electron chi connectivity index (χ0n) is 20.6. The molecule has 4 aromatic carbocycles. The normalized spacial score (nSPS) is 15.4. The fraction of sp³-hybridized carbons (Fsp3) is 0.250. The van der Waals surface area contributed by atoms with E-state index in [0.717, 1.165) is 42.6 Å². The third-order valence-corrected chi connectivity index (χ3v) is 7.24. The summed E-state index contributed by atoms with van der Waals surface area (Å²) in [6.45, 7) is 2.36. The number of alkyl halides is 3. The molecule has 2 nitrogen and oxygen atoms in total. The quantitative estimate of drug-likeness (QED) is 0.278. The molecule has 0 amide bonds. The summed E-state index contributed by atoms with van der Waals surface area (Å²) in [6.07, 6.45) is -2.60. The Morgan fingerprint density at radius 3 is 1.95 bits per heavy atom. The average Bonchev–Trinajstić information content (AvgIpc) is 2.94. The van der Waals surface area contributed by atoms with Gasteiger partial charge in [-0.1, -0.05) is 84.9 Å². The molecule has 5 rings (SSSR count). The van der Waals surface area contributed by atoms with Crippen molar-refractivity contribution in [3.63, 3.8) is 0 Å². The monoisotopic (exact) mass is 501 g/mol. The minimum Gasteiger partial charge on any atom is -0.376 e. The maximum absolute atomic E-state index is 13.9. The van der Waals surface area contributed by atoms with Crippen LogP contribution in [-0.2, 0) is 22.9 Å². The zero-order valence-corrected chi connectivity index (χ0v) is 20.6. The van der Waals surface area contributed by atoms with E-state index >= 15 is 0 Å². The average molecular weight is 502 g/mol. The van der Waals surface area contributed by atoms with Crippen LogP contribution in [-0.4, -0.2) is 19.7 Å². The molecule has 1 N–H and O–H groups in total. The second-order valence-corrected chi connectivity index (χ2v) is 9.72. The molecular weight excluding hydrogens is 471 g/mol. The summed E-state index contributed by atoms with van der Waals surface area (Å²) in [5, 5.41) is 3.41. The summed E-state index contributed by atoms with van der Waals surface area (Å²) in [5.74, 6) is 0. The zero-order chi connectivity index (χ0) is 25.7. The van der Waals surface area contributed by atoms with Crippen LogP contribution in [0.3, 0.4) is 0 Å². The van der Waals surface area contributed by atoms with Gasteiger partial charge >= 0.3 is 6.18 Å². The summed E-state index contributed by atoms with van der Waals surface area (Å²) in [5.41, 5.74) is 4.09. The molecule has 37 heavy (non-hydrogen) atoms. The third-order valence-electron chi connectivity index (χ3n) is 7.24. The molecule has 0 spiro atoms. The molecule has 1 aliphatic heterocycles. The van der Waals surface area contributed by atoms with Gasteiger partial charge in [0.05, 0.1) is 18.8 Å². The Hall–Kier alpha value is -3.41. The van der Waals surface area contributed by atoms with Crippen molar-refractivity contribution >= 4 is 0 Å². The van der Waals surface area contributed by atoms with Gasteiger partial charge in [-0.05, 0) is 77.5 Å². The van der Waals surface area contributed by atoms with E-state index in [2.05, 4.69) is 17.4 Å². The van der Waals surface area contributed by atoms with Crippen molar-refractivity contribution in [2.24, 2.45) is 0 Å². The van der Waals surface area contributed by atoms with E-state index in [1.807, 2.05) is 78.9 Å². The molecule has 0 bridgehead atoms. The van der Waals surface area contributed by atoms with E-state index in [9.17, 15) is 13.2 Å². The van der Waals surface area contributed by atoms with E-state index in [1.54, 1.807) is 0 Å². The number of hydrogen-bond donors (Lipinski definition) is 1. The second-order valence-electron chi connectivity index (χ2n) is 9.72. The first-order chi connectivity index (χ1) is 17.9. The Bertz CT molecular complexity index is 1310. The largest absolute Gasteiger partial charge is 0.416 e. The van der Waals surface area contributed by atoms with Crippen molar-refractivity contribution in [3.05, 3.63) is 120 Å². The molecule has 0 atom stereocenters. The van der Waals surface area contributed by atoms with Crippen LogP contribution in [0.15, 0.2) is 103 Å². The van der Waals surface area contributed by atoms with Gasteiger partial charge in [0, 0.05) is 5.41 Å². The van der Waals surface area contributed by atoms with Gasteiger partial charge in [-0.15, -0.1) is 0 Å². The van der Waals surface area contributed by atoms with Crippen LogP contribution in [0.5, 0.6) is 0 Å². The van der Waals surface area contributed by atoms with Gasteiger partial charge in [0.1, 0.15) is 0 Å². The number of hydrogen-bond acceptors (Lipinski definition) is 2. The molecule has 1 saturated heterocycles. The third kappa shape index (κ3) is 5.79. The SMILES string of the molecule is FC(F)(F)c1cc(COCC2(c3ccccc3)CCNCC2)cc(-c2ccccc2-c2ccccc2)c1. The fourth-order valence-electron chi connectivity index (χ4n) is 5.28. The molecule has 4 aromatic rings. The van der Waals surface area contributed by atoms with Crippen molar-refractivity contribution in [2.75, 3.05) is 19.7 Å². The van der Waals surface area contributed by atoms with Gasteiger partial charge in [-0.3, -0.25) is 0 Å². The van der Waals surface area contributed by atoms with E-state index in [4.69, 9.17) is 4.74 Å². The van der Waals surface area contributed by atoms with Crippen molar-refractivity contribution in [1.82, 2.24) is 5.32 Å². The highest BCUT2D eigenvalue weighted by Gasteiger charge is 2.35. The van der Waals surface area contributed by atoms with Gasteiger partial charge < -0.3 is 10.1 Å². The van der Waals surface area contributed by atoms with Crippen LogP contribution in [0.1, 0.15) is 29.5 Å². The van der Waals surface area contributed by atoms with E-state index in [1.165, 1.54) is 17.7 Å². The minimum atomic E-state index is -4.45. The highest BCUT2D eigenvalue weighted by Crippen LogP contribution is 2.38. The van der Waals surface area contributed by atoms with Crippen LogP contribution < -0.4 is 5.32 Å². The predicted molar refractivity (Wildman–Crippen MR) is 142 cm³/mol. The summed E-state index contributed by atoms with van der Waals surface area (Å²) in [7, 11) is 0. The fourth-order valence-corrected chi connectivity index (χ4v) is 5.28. The second kappa shape index (κ2) is 10.9. The van der Waals surface area contributed by atoms with Crippen LogP contribution in [0.4, 0.5) is 13.2 Å². The summed E-state index contributed by atoms with van der Waals surface area (Å²) < 4.78 is 48.0. The smallest absolute Gasteiger partial charge is 0.376 e. The summed E-state index contributed by atoms with van der Waals surface area (Å²) in [6, 6.07) is 31.9. The molecule has 190 valence electrons. The Morgan fingerprint density at radius 2 is 1.30 bits per heavy atom. The first-order valence-corrected chi connectivity index (χ1v) is 12.6.